The molecule has 110 valence electrons. The van der Waals surface area contributed by atoms with Gasteiger partial charge < -0.3 is 9.47 Å². The number of ether oxygens (including phenoxy) is 2. The van der Waals surface area contributed by atoms with Crippen LogP contribution in [-0.4, -0.2) is 25.0 Å². The molecule has 0 spiro atoms. The highest BCUT2D eigenvalue weighted by Crippen LogP contribution is 2.23. The van der Waals surface area contributed by atoms with Crippen molar-refractivity contribution in [2.75, 3.05) is 13.2 Å². The lowest BCUT2D eigenvalue weighted by molar-refractivity contribution is -0.145. The Hall–Kier alpha value is -1.84. The van der Waals surface area contributed by atoms with Gasteiger partial charge in [-0.2, -0.15) is 0 Å². The number of hydrogen-bond donors (Lipinski definition) is 0. The van der Waals surface area contributed by atoms with Gasteiger partial charge in [-0.3, -0.25) is 9.59 Å². The molecule has 0 heterocycles. The lowest BCUT2D eigenvalue weighted by Gasteiger charge is -2.12. The molecule has 0 N–H and O–H groups in total. The normalized spacial score (nSPS) is 10.4. The summed E-state index contributed by atoms with van der Waals surface area (Å²) in [6.07, 6.45) is -0.239. The van der Waals surface area contributed by atoms with Gasteiger partial charge in [0.25, 0.3) is 0 Å². The number of rotatable bonds is 7. The zero-order valence-corrected chi connectivity index (χ0v) is 12.6. The molecule has 0 unspecified atom stereocenters. The predicted molar refractivity (Wildman–Crippen MR) is 77.0 cm³/mol. The maximum absolute atomic E-state index is 11.5. The largest absolute Gasteiger partial charge is 0.486 e. The Morgan fingerprint density at radius 3 is 2.50 bits per heavy atom. The van der Waals surface area contributed by atoms with Crippen molar-refractivity contribution in [3.63, 3.8) is 0 Å². The van der Waals surface area contributed by atoms with E-state index in [-0.39, 0.29) is 25.4 Å². The van der Waals surface area contributed by atoms with Gasteiger partial charge >= 0.3 is 5.97 Å². The van der Waals surface area contributed by atoms with Crippen molar-refractivity contribution in [2.24, 2.45) is 0 Å². The number of carbonyl (C=O) groups is 2. The van der Waals surface area contributed by atoms with Gasteiger partial charge in [0.1, 0.15) is 18.8 Å². The van der Waals surface area contributed by atoms with Gasteiger partial charge in [0.2, 0.25) is 0 Å². The maximum Gasteiger partial charge on any atom is 0.313 e. The van der Waals surface area contributed by atoms with Crippen molar-refractivity contribution >= 4 is 11.8 Å². The molecule has 1 aromatic carbocycles. The van der Waals surface area contributed by atoms with E-state index in [1.807, 2.05) is 25.1 Å². The van der Waals surface area contributed by atoms with Crippen LogP contribution < -0.4 is 4.74 Å². The molecule has 0 atom stereocenters. The molecule has 0 aliphatic carbocycles. The highest BCUT2D eigenvalue weighted by molar-refractivity contribution is 5.96. The monoisotopic (exact) mass is 278 g/mol. The summed E-state index contributed by atoms with van der Waals surface area (Å²) < 4.78 is 10.1. The first-order valence-corrected chi connectivity index (χ1v) is 6.84. The van der Waals surface area contributed by atoms with Crippen LogP contribution in [0.2, 0.25) is 0 Å². The molecule has 0 radical (unpaired) electrons. The summed E-state index contributed by atoms with van der Waals surface area (Å²) in [6, 6.07) is 5.76. The zero-order valence-electron chi connectivity index (χ0n) is 12.6. The second-order valence-corrected chi connectivity index (χ2v) is 4.98. The van der Waals surface area contributed by atoms with Crippen molar-refractivity contribution in [2.45, 2.75) is 40.0 Å². The van der Waals surface area contributed by atoms with E-state index in [0.717, 1.165) is 5.56 Å². The smallest absolute Gasteiger partial charge is 0.313 e. The Bertz CT molecular complexity index is 477. The van der Waals surface area contributed by atoms with E-state index in [9.17, 15) is 9.59 Å². The fraction of sp³-hybridized carbons (Fsp3) is 0.500. The molecular formula is C16H22O4. The SMILES string of the molecule is CCOC(=O)CC(=O)COc1ccc(C(C)C)c(C)c1. The number of hydrogen-bond acceptors (Lipinski definition) is 4. The fourth-order valence-electron chi connectivity index (χ4n) is 1.97. The van der Waals surface area contributed by atoms with Gasteiger partial charge in [0, 0.05) is 0 Å². The lowest BCUT2D eigenvalue weighted by atomic mass is 9.98. The summed E-state index contributed by atoms with van der Waals surface area (Å²) in [5, 5.41) is 0. The summed E-state index contributed by atoms with van der Waals surface area (Å²) >= 11 is 0. The summed E-state index contributed by atoms with van der Waals surface area (Å²) in [7, 11) is 0. The second-order valence-electron chi connectivity index (χ2n) is 4.98. The quantitative estimate of drug-likeness (QED) is 0.568. The summed E-state index contributed by atoms with van der Waals surface area (Å²) in [4.78, 5) is 22.7. The number of aryl methyl sites for hydroxylation is 1. The Morgan fingerprint density at radius 1 is 1.25 bits per heavy atom. The van der Waals surface area contributed by atoms with Crippen molar-refractivity contribution < 1.29 is 19.1 Å². The molecule has 0 aromatic heterocycles. The van der Waals surface area contributed by atoms with E-state index in [4.69, 9.17) is 9.47 Å². The zero-order chi connectivity index (χ0) is 15.1. The van der Waals surface area contributed by atoms with Crippen molar-refractivity contribution in [3.05, 3.63) is 29.3 Å². The van der Waals surface area contributed by atoms with Crippen molar-refractivity contribution in [1.29, 1.82) is 0 Å². The molecule has 0 saturated heterocycles. The number of benzene rings is 1. The van der Waals surface area contributed by atoms with Crippen LogP contribution >= 0.6 is 0 Å². The highest BCUT2D eigenvalue weighted by atomic mass is 16.5. The fourth-order valence-corrected chi connectivity index (χ4v) is 1.97. The first kappa shape index (κ1) is 16.2. The molecule has 1 aromatic rings. The predicted octanol–water partition coefficient (Wildman–Crippen LogP) is 3.02. The first-order valence-electron chi connectivity index (χ1n) is 6.84. The topological polar surface area (TPSA) is 52.6 Å². The van der Waals surface area contributed by atoms with E-state index in [2.05, 4.69) is 13.8 Å². The number of esters is 1. The molecule has 0 amide bonds. The molecule has 1 rings (SSSR count). The molecule has 4 heteroatoms. The molecule has 0 bridgehead atoms. The number of Topliss-reactive ketones (excluding diaryl/α,β-unsaturated/α-hetero) is 1. The standard InChI is InChI=1S/C16H22O4/c1-5-19-16(18)9-13(17)10-20-14-6-7-15(11(2)3)12(4)8-14/h6-8,11H,5,9-10H2,1-4H3. The third-order valence-electron chi connectivity index (χ3n) is 2.91. The average molecular weight is 278 g/mol. The van der Waals surface area contributed by atoms with E-state index < -0.39 is 5.97 Å². The maximum atomic E-state index is 11.5. The molecule has 0 aliphatic heterocycles. The van der Waals surface area contributed by atoms with Crippen LogP contribution in [0.5, 0.6) is 5.75 Å². The van der Waals surface area contributed by atoms with E-state index in [1.165, 1.54) is 5.56 Å². The number of carbonyl (C=O) groups excluding carboxylic acids is 2. The van der Waals surface area contributed by atoms with Crippen LogP contribution in [0.15, 0.2) is 18.2 Å². The van der Waals surface area contributed by atoms with Crippen LogP contribution in [0, 0.1) is 6.92 Å². The van der Waals surface area contributed by atoms with Crippen LogP contribution in [-0.2, 0) is 14.3 Å². The van der Waals surface area contributed by atoms with Gasteiger partial charge in [-0.1, -0.05) is 19.9 Å². The lowest BCUT2D eigenvalue weighted by Crippen LogP contribution is -2.17. The Morgan fingerprint density at radius 2 is 1.95 bits per heavy atom. The molecular weight excluding hydrogens is 256 g/mol. The van der Waals surface area contributed by atoms with Crippen molar-refractivity contribution in [3.8, 4) is 5.75 Å². The minimum absolute atomic E-state index is 0.112. The van der Waals surface area contributed by atoms with E-state index in [0.29, 0.717) is 11.7 Å². The van der Waals surface area contributed by atoms with Crippen molar-refractivity contribution in [1.82, 2.24) is 0 Å². The van der Waals surface area contributed by atoms with Gasteiger partial charge in [0.15, 0.2) is 5.78 Å². The second kappa shape index (κ2) is 7.68. The Balaban J connectivity index is 2.52. The molecule has 0 saturated carbocycles. The summed E-state index contributed by atoms with van der Waals surface area (Å²) in [6.45, 7) is 8.15. The first-order chi connectivity index (χ1) is 9.43. The summed E-state index contributed by atoms with van der Waals surface area (Å²) in [5.74, 6) is 0.306. The average Bonchev–Trinajstić information content (AvgIpc) is 2.36. The van der Waals surface area contributed by atoms with Crippen LogP contribution in [0.25, 0.3) is 0 Å². The molecule has 20 heavy (non-hydrogen) atoms. The van der Waals surface area contributed by atoms with Gasteiger partial charge in [-0.05, 0) is 43.0 Å². The van der Waals surface area contributed by atoms with Crippen LogP contribution in [0.4, 0.5) is 0 Å². The molecule has 4 nitrogen and oxygen atoms in total. The molecule has 0 fully saturated rings. The van der Waals surface area contributed by atoms with Crippen LogP contribution in [0.3, 0.4) is 0 Å². The minimum Gasteiger partial charge on any atom is -0.486 e. The van der Waals surface area contributed by atoms with E-state index in [1.54, 1.807) is 6.92 Å². The highest BCUT2D eigenvalue weighted by Gasteiger charge is 2.11. The van der Waals surface area contributed by atoms with E-state index >= 15 is 0 Å². The third-order valence-corrected chi connectivity index (χ3v) is 2.91. The Labute approximate surface area is 120 Å². The van der Waals surface area contributed by atoms with Gasteiger partial charge in [-0.25, -0.2) is 0 Å². The number of ketones is 1. The van der Waals surface area contributed by atoms with Gasteiger partial charge in [-0.15, -0.1) is 0 Å². The third kappa shape index (κ3) is 5.03. The summed E-state index contributed by atoms with van der Waals surface area (Å²) in [5.41, 5.74) is 2.39. The van der Waals surface area contributed by atoms with Gasteiger partial charge in [0.05, 0.1) is 6.61 Å². The minimum atomic E-state index is -0.507. The van der Waals surface area contributed by atoms with Crippen LogP contribution in [0.1, 0.15) is 44.2 Å². The Kier molecular flexibility index (Phi) is 6.22. The molecule has 0 aliphatic rings.